The Bertz CT molecular complexity index is 575. The Morgan fingerprint density at radius 3 is 2.04 bits per heavy atom. The Morgan fingerprint density at radius 2 is 1.65 bits per heavy atom. The molecule has 0 radical (unpaired) electrons. The highest BCUT2D eigenvalue weighted by Crippen LogP contribution is 2.62. The van der Waals surface area contributed by atoms with Crippen molar-refractivity contribution in [1.82, 2.24) is 0 Å². The Hall–Kier alpha value is 0.190. The number of phosphoric acid groups is 3. The third-order valence-corrected chi connectivity index (χ3v) is 5.93. The minimum absolute atomic E-state index is 0.285. The van der Waals surface area contributed by atoms with E-state index in [4.69, 9.17) is 0 Å². The molecular formula is C6H9F2O12P3-4. The highest BCUT2D eigenvalue weighted by Gasteiger charge is 2.53. The van der Waals surface area contributed by atoms with E-state index in [0.717, 1.165) is 0 Å². The maximum atomic E-state index is 13.6. The zero-order valence-corrected chi connectivity index (χ0v) is 13.7. The van der Waals surface area contributed by atoms with Crippen molar-refractivity contribution in [2.24, 2.45) is 0 Å². The molecule has 5 atom stereocenters. The van der Waals surface area contributed by atoms with Crippen LogP contribution in [0.15, 0.2) is 0 Å². The van der Waals surface area contributed by atoms with Gasteiger partial charge < -0.3 is 34.0 Å². The summed E-state index contributed by atoms with van der Waals surface area (Å²) >= 11 is 0. The monoisotopic (exact) mass is 404 g/mol. The minimum atomic E-state index is -6.41. The fourth-order valence-corrected chi connectivity index (χ4v) is 4.52. The molecule has 0 aromatic rings. The molecule has 1 heterocycles. The summed E-state index contributed by atoms with van der Waals surface area (Å²) in [5.74, 6) is 0. The molecule has 1 rings (SSSR count). The molecule has 1 fully saturated rings. The molecule has 2 unspecified atom stereocenters. The number of rotatable bonds is 7. The fourth-order valence-electron chi connectivity index (χ4n) is 1.64. The molecular weight excluding hydrogens is 395 g/mol. The van der Waals surface area contributed by atoms with Crippen LogP contribution in [0.5, 0.6) is 0 Å². The smallest absolute Gasteiger partial charge is 0.390 e. The minimum Gasteiger partial charge on any atom is -0.790 e. The van der Waals surface area contributed by atoms with E-state index in [2.05, 4.69) is 17.9 Å². The van der Waals surface area contributed by atoms with Crippen LogP contribution < -0.4 is 19.6 Å². The number of ether oxygens (including phenoxy) is 1. The van der Waals surface area contributed by atoms with Crippen LogP contribution in [0.25, 0.3) is 0 Å². The Morgan fingerprint density at radius 1 is 1.13 bits per heavy atom. The van der Waals surface area contributed by atoms with Crippen molar-refractivity contribution in [2.45, 2.75) is 37.8 Å². The number of halogens is 2. The van der Waals surface area contributed by atoms with Gasteiger partial charge in [0.2, 0.25) is 0 Å². The second-order valence-corrected chi connectivity index (χ2v) is 8.50. The first-order chi connectivity index (χ1) is 10.0. The lowest BCUT2D eigenvalue weighted by molar-refractivity contribution is -0.339. The van der Waals surface area contributed by atoms with Crippen molar-refractivity contribution in [3.8, 4) is 0 Å². The van der Waals surface area contributed by atoms with Crippen molar-refractivity contribution in [3.63, 3.8) is 0 Å². The van der Waals surface area contributed by atoms with Crippen molar-refractivity contribution in [3.05, 3.63) is 0 Å². The third kappa shape index (κ3) is 6.91. The molecule has 1 aliphatic heterocycles. The molecule has 17 heteroatoms. The van der Waals surface area contributed by atoms with E-state index in [0.29, 0.717) is 0 Å². The molecule has 138 valence electrons. The van der Waals surface area contributed by atoms with Crippen molar-refractivity contribution < 1.29 is 65.0 Å². The van der Waals surface area contributed by atoms with Crippen LogP contribution >= 0.6 is 23.5 Å². The quantitative estimate of drug-likeness (QED) is 0.455. The van der Waals surface area contributed by atoms with Crippen molar-refractivity contribution in [2.75, 3.05) is 0 Å². The van der Waals surface area contributed by atoms with E-state index in [-0.39, 0.29) is 6.42 Å². The summed E-state index contributed by atoms with van der Waals surface area (Å²) in [6, 6.07) is 0. The Balaban J connectivity index is 2.83. The lowest BCUT2D eigenvalue weighted by atomic mass is 10.1. The first-order valence-corrected chi connectivity index (χ1v) is 9.90. The number of phosphoric ester groups is 1. The Kier molecular flexibility index (Phi) is 6.31. The van der Waals surface area contributed by atoms with E-state index in [1.807, 2.05) is 0 Å². The van der Waals surface area contributed by atoms with Crippen LogP contribution in [-0.2, 0) is 31.6 Å². The molecule has 1 aliphatic rings. The molecule has 0 aromatic carbocycles. The average Bonchev–Trinajstić information content (AvgIpc) is 2.50. The number of hydrogen-bond donors (Lipinski definition) is 1. The number of aliphatic hydroxyl groups is 1. The number of aliphatic hydroxyl groups excluding tert-OH is 1. The standard InChI is InChI=1S/C6H13F2O12P3/c1-3-2-4(9)5(17-3)6(7,8)18-22(13,14)20-23(15,16)19-21(10,11)12/h3-5,9H,2H2,1H3,(H,13,14)(H,15,16)(H2,10,11,12)/p-4/t3-,4+,5-/m0/s1. The van der Waals surface area contributed by atoms with Crippen molar-refractivity contribution in [1.29, 1.82) is 0 Å². The lowest BCUT2D eigenvalue weighted by Gasteiger charge is -2.38. The summed E-state index contributed by atoms with van der Waals surface area (Å²) in [7, 11) is -19.0. The fraction of sp³-hybridized carbons (Fsp3) is 1.00. The number of hydrogen-bond acceptors (Lipinski definition) is 12. The van der Waals surface area contributed by atoms with Gasteiger partial charge in [-0.15, -0.1) is 0 Å². The van der Waals surface area contributed by atoms with Crippen LogP contribution in [0.3, 0.4) is 0 Å². The van der Waals surface area contributed by atoms with Gasteiger partial charge in [-0.2, -0.15) is 8.78 Å². The molecule has 0 saturated carbocycles. The van der Waals surface area contributed by atoms with Gasteiger partial charge in [-0.25, -0.2) is 4.31 Å². The molecule has 0 aromatic heterocycles. The topological polar surface area (TPSA) is 201 Å². The van der Waals surface area contributed by atoms with Gasteiger partial charge in [-0.1, -0.05) is 0 Å². The maximum absolute atomic E-state index is 13.6. The zero-order valence-electron chi connectivity index (χ0n) is 11.0. The Labute approximate surface area is 127 Å². The SMILES string of the molecule is C[C@H]1C[C@@H](O)[C@@H](C(F)(F)OP(=O)([O-])OP(=O)([O-])OP(=O)([O-])[O-])O1. The van der Waals surface area contributed by atoms with Gasteiger partial charge in [0.05, 0.1) is 20.0 Å². The second kappa shape index (κ2) is 6.83. The van der Waals surface area contributed by atoms with Crippen LogP contribution in [-0.4, -0.2) is 29.5 Å². The summed E-state index contributed by atoms with van der Waals surface area (Å²) in [6.45, 7) is 1.28. The van der Waals surface area contributed by atoms with E-state index in [1.54, 1.807) is 0 Å². The lowest BCUT2D eigenvalue weighted by Crippen LogP contribution is -2.43. The molecule has 0 amide bonds. The number of alkyl halides is 2. The average molecular weight is 404 g/mol. The van der Waals surface area contributed by atoms with E-state index < -0.39 is 47.9 Å². The van der Waals surface area contributed by atoms with Gasteiger partial charge in [0, 0.05) is 6.42 Å². The summed E-state index contributed by atoms with van der Waals surface area (Å²) in [5, 5.41) is 9.30. The third-order valence-electron chi connectivity index (χ3n) is 2.27. The van der Waals surface area contributed by atoms with Crippen molar-refractivity contribution >= 4 is 23.5 Å². The van der Waals surface area contributed by atoms with E-state index in [9.17, 15) is 47.2 Å². The highest BCUT2D eigenvalue weighted by atomic mass is 31.3. The van der Waals surface area contributed by atoms with Crippen LogP contribution in [0, 0.1) is 0 Å². The zero-order chi connectivity index (χ0) is 18.3. The van der Waals surface area contributed by atoms with Gasteiger partial charge in [-0.05, 0) is 6.92 Å². The first kappa shape index (κ1) is 21.2. The summed E-state index contributed by atoms with van der Waals surface area (Å²) in [5.41, 5.74) is 0. The molecule has 12 nitrogen and oxygen atoms in total. The molecule has 0 spiro atoms. The molecule has 0 aliphatic carbocycles. The van der Waals surface area contributed by atoms with Gasteiger partial charge >= 0.3 is 6.11 Å². The molecule has 1 saturated heterocycles. The normalized spacial score (nSPS) is 31.6. The van der Waals surface area contributed by atoms with Crippen LogP contribution in [0.1, 0.15) is 13.3 Å². The predicted molar refractivity (Wildman–Crippen MR) is 56.0 cm³/mol. The maximum Gasteiger partial charge on any atom is 0.390 e. The summed E-state index contributed by atoms with van der Waals surface area (Å²) in [4.78, 5) is 42.1. The summed E-state index contributed by atoms with van der Waals surface area (Å²) < 4.78 is 72.7. The second-order valence-electron chi connectivity index (χ2n) is 4.33. The van der Waals surface area contributed by atoms with Gasteiger partial charge in [-0.3, -0.25) is 18.0 Å². The van der Waals surface area contributed by atoms with Gasteiger partial charge in [0.1, 0.15) is 0 Å². The molecule has 23 heavy (non-hydrogen) atoms. The van der Waals surface area contributed by atoms with Crippen LogP contribution in [0.4, 0.5) is 8.78 Å². The van der Waals surface area contributed by atoms with Gasteiger partial charge in [0.15, 0.2) is 6.10 Å². The van der Waals surface area contributed by atoms with E-state index in [1.165, 1.54) is 6.92 Å². The molecule has 1 N–H and O–H groups in total. The highest BCUT2D eigenvalue weighted by molar-refractivity contribution is 7.64. The van der Waals surface area contributed by atoms with Gasteiger partial charge in [0.25, 0.3) is 15.6 Å². The predicted octanol–water partition coefficient (Wildman–Crippen LogP) is -2.07. The van der Waals surface area contributed by atoms with Crippen LogP contribution in [0.2, 0.25) is 0 Å². The first-order valence-electron chi connectivity index (χ1n) is 5.52. The summed E-state index contributed by atoms with van der Waals surface area (Å²) in [6.07, 6.45) is -10.2. The molecule has 0 bridgehead atoms. The van der Waals surface area contributed by atoms with E-state index >= 15 is 0 Å². The largest absolute Gasteiger partial charge is 0.790 e.